The van der Waals surface area contributed by atoms with Crippen molar-refractivity contribution in [1.82, 2.24) is 0 Å². The molecule has 1 nitrogen and oxygen atoms in total. The number of rotatable bonds is 4. The van der Waals surface area contributed by atoms with Gasteiger partial charge in [-0.1, -0.05) is 106 Å². The Morgan fingerprint density at radius 1 is 0.658 bits per heavy atom. The minimum atomic E-state index is -0.0827. The van der Waals surface area contributed by atoms with E-state index in [-0.39, 0.29) is 11.0 Å². The summed E-state index contributed by atoms with van der Waals surface area (Å²) in [5.74, 6) is 0.616. The van der Waals surface area contributed by atoms with Crippen LogP contribution in [0, 0.1) is 0 Å². The largest absolute Gasteiger partial charge is 0.336 e. The van der Waals surface area contributed by atoms with Gasteiger partial charge in [-0.2, -0.15) is 0 Å². The monoisotopic (exact) mass is 499 g/mol. The molecule has 6 rings (SSSR count). The summed E-state index contributed by atoms with van der Waals surface area (Å²) in [6.07, 6.45) is 6.63. The average molecular weight is 500 g/mol. The van der Waals surface area contributed by atoms with Gasteiger partial charge in [0.25, 0.3) is 0 Å². The average Bonchev–Trinajstić information content (AvgIpc) is 3.15. The van der Waals surface area contributed by atoms with Gasteiger partial charge in [-0.25, -0.2) is 0 Å². The highest BCUT2D eigenvalue weighted by molar-refractivity contribution is 5.86. The first-order valence-corrected chi connectivity index (χ1v) is 14.5. The van der Waals surface area contributed by atoms with E-state index in [0.717, 1.165) is 0 Å². The van der Waals surface area contributed by atoms with Gasteiger partial charge in [0.15, 0.2) is 0 Å². The summed E-state index contributed by atoms with van der Waals surface area (Å²) in [5, 5.41) is 0. The van der Waals surface area contributed by atoms with E-state index in [1.165, 1.54) is 76.9 Å². The lowest BCUT2D eigenvalue weighted by Gasteiger charge is -2.41. The molecule has 0 unspecified atom stereocenters. The first-order valence-electron chi connectivity index (χ1n) is 14.5. The fraction of sp³-hybridized carbons (Fsp3) is 0.351. The fourth-order valence-corrected chi connectivity index (χ4v) is 7.03. The molecule has 2 aliphatic carbocycles. The molecule has 0 amide bonds. The van der Waals surface area contributed by atoms with Crippen LogP contribution in [-0.4, -0.2) is 5.54 Å². The predicted octanol–water partition coefficient (Wildman–Crippen LogP) is 10.6. The van der Waals surface area contributed by atoms with Crippen LogP contribution in [0.25, 0.3) is 22.3 Å². The van der Waals surface area contributed by atoms with Crippen LogP contribution in [0.4, 0.5) is 11.4 Å². The molecule has 4 aromatic carbocycles. The van der Waals surface area contributed by atoms with Crippen molar-refractivity contribution < 1.29 is 0 Å². The standard InChI is InChI=1S/C37H41N/c1-36(2,3)38(29-20-14-19-28(23-29)26-15-8-6-9-16-26)35-25-32-30-21-12-13-22-33(30)37(4,5)34(32)24-31(35)27-17-10-7-11-18-27/h6,8-9,12-16,19-25,27H,7,10-11,17-18H2,1-5H3. The molecule has 0 heterocycles. The Balaban J connectivity index is 1.58. The third-order valence-corrected chi connectivity index (χ3v) is 8.90. The van der Waals surface area contributed by atoms with Gasteiger partial charge < -0.3 is 4.90 Å². The first kappa shape index (κ1) is 25.0. The zero-order chi connectivity index (χ0) is 26.5. The Labute approximate surface area is 229 Å². The summed E-state index contributed by atoms with van der Waals surface area (Å²) in [6, 6.07) is 34.1. The fourth-order valence-electron chi connectivity index (χ4n) is 7.03. The van der Waals surface area contributed by atoms with E-state index in [4.69, 9.17) is 0 Å². The van der Waals surface area contributed by atoms with E-state index in [0.29, 0.717) is 5.92 Å². The van der Waals surface area contributed by atoms with Crippen LogP contribution in [-0.2, 0) is 5.41 Å². The van der Waals surface area contributed by atoms with Crippen LogP contribution in [0.15, 0.2) is 91.0 Å². The highest BCUT2D eigenvalue weighted by atomic mass is 15.2. The van der Waals surface area contributed by atoms with E-state index < -0.39 is 0 Å². The number of fused-ring (bicyclic) bond motifs is 3. The summed E-state index contributed by atoms with van der Waals surface area (Å²) in [7, 11) is 0. The summed E-state index contributed by atoms with van der Waals surface area (Å²) >= 11 is 0. The van der Waals surface area contributed by atoms with Crippen LogP contribution < -0.4 is 4.90 Å². The van der Waals surface area contributed by atoms with Gasteiger partial charge in [-0.3, -0.25) is 0 Å². The Morgan fingerprint density at radius 2 is 1.34 bits per heavy atom. The van der Waals surface area contributed by atoms with Crippen molar-refractivity contribution in [3.05, 3.63) is 108 Å². The second kappa shape index (κ2) is 9.45. The van der Waals surface area contributed by atoms with Crippen molar-refractivity contribution in [3.8, 4) is 22.3 Å². The zero-order valence-corrected chi connectivity index (χ0v) is 23.7. The lowest BCUT2D eigenvalue weighted by Crippen LogP contribution is -2.38. The Hall–Kier alpha value is -3.32. The molecule has 1 fully saturated rings. The topological polar surface area (TPSA) is 3.24 Å². The lowest BCUT2D eigenvalue weighted by molar-refractivity contribution is 0.441. The molecule has 0 radical (unpaired) electrons. The second-order valence-electron chi connectivity index (χ2n) is 12.9. The highest BCUT2D eigenvalue weighted by Gasteiger charge is 2.38. The van der Waals surface area contributed by atoms with Crippen LogP contribution in [0.2, 0.25) is 0 Å². The molecule has 1 saturated carbocycles. The van der Waals surface area contributed by atoms with Crippen molar-refractivity contribution in [2.75, 3.05) is 4.90 Å². The van der Waals surface area contributed by atoms with E-state index in [9.17, 15) is 0 Å². The Bertz CT molecular complexity index is 1450. The molecule has 0 bridgehead atoms. The van der Waals surface area contributed by atoms with E-state index in [2.05, 4.69) is 131 Å². The Morgan fingerprint density at radius 3 is 2.08 bits per heavy atom. The van der Waals surface area contributed by atoms with Gasteiger partial charge in [0.05, 0.1) is 0 Å². The quantitative estimate of drug-likeness (QED) is 0.270. The molecule has 1 heteroatoms. The van der Waals surface area contributed by atoms with Gasteiger partial charge in [-0.15, -0.1) is 0 Å². The van der Waals surface area contributed by atoms with Gasteiger partial charge in [-0.05, 0) is 96.7 Å². The van der Waals surface area contributed by atoms with E-state index in [1.54, 1.807) is 5.56 Å². The van der Waals surface area contributed by atoms with E-state index in [1.807, 2.05) is 0 Å². The number of hydrogen-bond acceptors (Lipinski definition) is 1. The van der Waals surface area contributed by atoms with Crippen LogP contribution in [0.3, 0.4) is 0 Å². The molecule has 4 aromatic rings. The summed E-state index contributed by atoms with van der Waals surface area (Å²) < 4.78 is 0. The maximum Gasteiger partial charge on any atom is 0.0457 e. The van der Waals surface area contributed by atoms with Crippen LogP contribution >= 0.6 is 0 Å². The first-order chi connectivity index (χ1) is 18.2. The number of nitrogens with zero attached hydrogens (tertiary/aromatic N) is 1. The molecule has 0 atom stereocenters. The number of benzene rings is 4. The summed E-state index contributed by atoms with van der Waals surface area (Å²) in [5.41, 5.74) is 12.4. The van der Waals surface area contributed by atoms with Gasteiger partial charge >= 0.3 is 0 Å². The maximum absolute atomic E-state index is 2.62. The maximum atomic E-state index is 2.62. The number of hydrogen-bond donors (Lipinski definition) is 0. The molecular formula is C37H41N. The number of anilines is 2. The predicted molar refractivity (Wildman–Crippen MR) is 164 cm³/mol. The third-order valence-electron chi connectivity index (χ3n) is 8.90. The normalized spacial score (nSPS) is 16.7. The summed E-state index contributed by atoms with van der Waals surface area (Å²) in [4.78, 5) is 2.62. The van der Waals surface area contributed by atoms with Crippen LogP contribution in [0.1, 0.15) is 89.3 Å². The molecule has 2 aliphatic rings. The van der Waals surface area contributed by atoms with Gasteiger partial charge in [0.1, 0.15) is 0 Å². The third kappa shape index (κ3) is 4.27. The van der Waals surface area contributed by atoms with Crippen molar-refractivity contribution >= 4 is 11.4 Å². The van der Waals surface area contributed by atoms with Gasteiger partial charge in [0.2, 0.25) is 0 Å². The molecule has 0 spiro atoms. The van der Waals surface area contributed by atoms with Crippen LogP contribution in [0.5, 0.6) is 0 Å². The minimum absolute atomic E-state index is 0.0215. The molecule has 0 saturated heterocycles. The second-order valence-corrected chi connectivity index (χ2v) is 12.9. The van der Waals surface area contributed by atoms with Crippen molar-refractivity contribution in [3.63, 3.8) is 0 Å². The smallest absolute Gasteiger partial charge is 0.0457 e. The molecular weight excluding hydrogens is 458 g/mol. The SMILES string of the molecule is CC1(C)c2ccccc2-c2cc(N(c3cccc(-c4ccccc4)c3)C(C)(C)C)c(C3CCCCC3)cc21. The van der Waals surface area contributed by atoms with Gasteiger partial charge in [0, 0.05) is 22.3 Å². The Kier molecular flexibility index (Phi) is 6.22. The molecule has 0 aliphatic heterocycles. The van der Waals surface area contributed by atoms with Crippen molar-refractivity contribution in [2.24, 2.45) is 0 Å². The summed E-state index contributed by atoms with van der Waals surface area (Å²) in [6.45, 7) is 11.9. The highest BCUT2D eigenvalue weighted by Crippen LogP contribution is 2.53. The molecule has 0 aromatic heterocycles. The van der Waals surface area contributed by atoms with Crippen molar-refractivity contribution in [2.45, 2.75) is 83.6 Å². The minimum Gasteiger partial charge on any atom is -0.336 e. The molecule has 194 valence electrons. The van der Waals surface area contributed by atoms with E-state index >= 15 is 0 Å². The molecule has 0 N–H and O–H groups in total. The zero-order valence-electron chi connectivity index (χ0n) is 23.7. The lowest BCUT2D eigenvalue weighted by atomic mass is 9.77. The van der Waals surface area contributed by atoms with Crippen molar-refractivity contribution in [1.29, 1.82) is 0 Å². The molecule has 38 heavy (non-hydrogen) atoms.